The van der Waals surface area contributed by atoms with Crippen LogP contribution >= 0.6 is 0 Å². The molecule has 6 heteroatoms. The van der Waals surface area contributed by atoms with Gasteiger partial charge in [-0.15, -0.1) is 0 Å². The molecule has 1 aromatic heterocycles. The van der Waals surface area contributed by atoms with Crippen molar-refractivity contribution in [2.45, 2.75) is 62.3 Å². The van der Waals surface area contributed by atoms with Crippen LogP contribution in [-0.4, -0.2) is 15.0 Å². The van der Waals surface area contributed by atoms with Gasteiger partial charge in [0, 0.05) is 17.1 Å². The van der Waals surface area contributed by atoms with E-state index in [1.165, 1.54) is 50.1 Å². The number of rotatable bonds is 6. The topological polar surface area (TPSA) is 74.8 Å². The summed E-state index contributed by atoms with van der Waals surface area (Å²) in [4.78, 5) is 14.1. The molecule has 0 amide bonds. The zero-order valence-electron chi connectivity index (χ0n) is 22.8. The van der Waals surface area contributed by atoms with Gasteiger partial charge in [0.1, 0.15) is 0 Å². The smallest absolute Gasteiger partial charge is 0.233 e. The molecular formula is C30H36N6. The van der Waals surface area contributed by atoms with Crippen molar-refractivity contribution >= 4 is 34.9 Å². The quantitative estimate of drug-likeness (QED) is 0.261. The van der Waals surface area contributed by atoms with Crippen molar-refractivity contribution in [3.63, 3.8) is 0 Å². The number of aryl methyl sites for hydroxylation is 6. The van der Waals surface area contributed by atoms with Gasteiger partial charge in [-0.3, -0.25) is 0 Å². The van der Waals surface area contributed by atoms with Crippen molar-refractivity contribution in [3.8, 4) is 0 Å². The van der Waals surface area contributed by atoms with Gasteiger partial charge in [-0.2, -0.15) is 15.0 Å². The molecule has 4 rings (SSSR count). The van der Waals surface area contributed by atoms with Gasteiger partial charge in [0.2, 0.25) is 17.8 Å². The van der Waals surface area contributed by atoms with Crippen LogP contribution in [0.4, 0.5) is 34.9 Å². The summed E-state index contributed by atoms with van der Waals surface area (Å²) in [5.74, 6) is 1.41. The van der Waals surface area contributed by atoms with E-state index in [1.54, 1.807) is 0 Å². The van der Waals surface area contributed by atoms with E-state index >= 15 is 0 Å². The van der Waals surface area contributed by atoms with E-state index in [1.807, 2.05) is 0 Å². The van der Waals surface area contributed by atoms with Crippen molar-refractivity contribution in [2.75, 3.05) is 16.0 Å². The zero-order valence-corrected chi connectivity index (χ0v) is 22.8. The molecule has 0 atom stereocenters. The second-order valence-corrected chi connectivity index (χ2v) is 9.89. The van der Waals surface area contributed by atoms with E-state index in [4.69, 9.17) is 15.0 Å². The average Bonchev–Trinajstić information content (AvgIpc) is 2.79. The molecule has 0 radical (unpaired) electrons. The van der Waals surface area contributed by atoms with Gasteiger partial charge < -0.3 is 16.0 Å². The Kier molecular flexibility index (Phi) is 6.97. The maximum absolute atomic E-state index is 4.69. The van der Waals surface area contributed by atoms with Crippen LogP contribution in [-0.2, 0) is 0 Å². The van der Waals surface area contributed by atoms with Gasteiger partial charge in [0.15, 0.2) is 0 Å². The lowest BCUT2D eigenvalue weighted by Gasteiger charge is -2.15. The Morgan fingerprint density at radius 3 is 0.750 bits per heavy atom. The van der Waals surface area contributed by atoms with Crippen LogP contribution in [0.1, 0.15) is 50.1 Å². The molecule has 3 N–H and O–H groups in total. The van der Waals surface area contributed by atoms with Gasteiger partial charge in [-0.25, -0.2) is 0 Å². The molecule has 0 aliphatic rings. The Balaban J connectivity index is 1.73. The van der Waals surface area contributed by atoms with Crippen molar-refractivity contribution in [2.24, 2.45) is 0 Å². The molecule has 0 saturated heterocycles. The lowest BCUT2D eigenvalue weighted by molar-refractivity contribution is 1.06. The Bertz CT molecular complexity index is 1200. The predicted octanol–water partition coefficient (Wildman–Crippen LogP) is 7.88. The maximum atomic E-state index is 4.69. The Morgan fingerprint density at radius 1 is 0.361 bits per heavy atom. The molecule has 0 unspecified atom stereocenters. The predicted molar refractivity (Wildman–Crippen MR) is 152 cm³/mol. The lowest BCUT2D eigenvalue weighted by atomic mass is 10.0. The number of aromatic nitrogens is 3. The van der Waals surface area contributed by atoms with Gasteiger partial charge in [0.05, 0.1) is 0 Å². The van der Waals surface area contributed by atoms with Gasteiger partial charge in [-0.1, -0.05) is 0 Å². The SMILES string of the molecule is Cc1cc(Nc2nc(Nc3cc(C)c(C)c(C)c3)nc(Nc3cc(C)c(C)c(C)c3)n2)cc(C)c1C. The number of nitrogens with zero attached hydrogens (tertiary/aromatic N) is 3. The van der Waals surface area contributed by atoms with E-state index in [0.29, 0.717) is 17.8 Å². The largest absolute Gasteiger partial charge is 0.324 e. The highest BCUT2D eigenvalue weighted by Gasteiger charge is 2.11. The Labute approximate surface area is 214 Å². The first-order valence-corrected chi connectivity index (χ1v) is 12.3. The van der Waals surface area contributed by atoms with Crippen LogP contribution in [0, 0.1) is 62.3 Å². The van der Waals surface area contributed by atoms with E-state index < -0.39 is 0 Å². The van der Waals surface area contributed by atoms with Gasteiger partial charge in [0.25, 0.3) is 0 Å². The summed E-state index contributed by atoms with van der Waals surface area (Å²) in [6, 6.07) is 12.7. The lowest BCUT2D eigenvalue weighted by Crippen LogP contribution is -2.08. The van der Waals surface area contributed by atoms with Gasteiger partial charge in [-0.05, 0) is 149 Å². The molecule has 0 aliphatic carbocycles. The maximum Gasteiger partial charge on any atom is 0.233 e. The summed E-state index contributed by atoms with van der Waals surface area (Å²) in [5.41, 5.74) is 14.0. The molecule has 4 aromatic rings. The van der Waals surface area contributed by atoms with Crippen molar-refractivity contribution in [1.29, 1.82) is 0 Å². The summed E-state index contributed by atoms with van der Waals surface area (Å²) in [7, 11) is 0. The number of nitrogens with one attached hydrogen (secondary N) is 3. The minimum atomic E-state index is 0.471. The highest BCUT2D eigenvalue weighted by Crippen LogP contribution is 2.26. The summed E-state index contributed by atoms with van der Waals surface area (Å²) in [5, 5.41) is 10.2. The summed E-state index contributed by atoms with van der Waals surface area (Å²) in [6.45, 7) is 19.1. The highest BCUT2D eigenvalue weighted by molar-refractivity contribution is 5.65. The number of anilines is 6. The molecule has 1 heterocycles. The molecule has 6 nitrogen and oxygen atoms in total. The number of benzene rings is 3. The number of hydrogen-bond donors (Lipinski definition) is 3. The van der Waals surface area contributed by atoms with E-state index in [9.17, 15) is 0 Å². The average molecular weight is 481 g/mol. The fourth-order valence-corrected chi connectivity index (χ4v) is 4.25. The van der Waals surface area contributed by atoms with Crippen LogP contribution in [0.5, 0.6) is 0 Å². The van der Waals surface area contributed by atoms with Crippen LogP contribution in [0.3, 0.4) is 0 Å². The molecule has 186 valence electrons. The highest BCUT2D eigenvalue weighted by atomic mass is 15.3. The second-order valence-electron chi connectivity index (χ2n) is 9.89. The van der Waals surface area contributed by atoms with E-state index in [0.717, 1.165) is 17.1 Å². The normalized spacial score (nSPS) is 10.9. The van der Waals surface area contributed by atoms with Gasteiger partial charge >= 0.3 is 0 Å². The van der Waals surface area contributed by atoms with E-state index in [2.05, 4.69) is 115 Å². The standard InChI is InChI=1S/C30H36N6/c1-16-10-25(11-17(2)22(16)7)31-28-34-29(32-26-12-18(3)23(8)19(4)13-26)36-30(35-28)33-27-14-20(5)24(9)21(6)15-27/h10-15H,1-9H3,(H3,31,32,33,34,35,36). The minimum Gasteiger partial charge on any atom is -0.324 e. The monoisotopic (exact) mass is 480 g/mol. The fourth-order valence-electron chi connectivity index (χ4n) is 4.25. The van der Waals surface area contributed by atoms with Crippen LogP contribution in [0.25, 0.3) is 0 Å². The molecule has 0 bridgehead atoms. The van der Waals surface area contributed by atoms with Crippen LogP contribution < -0.4 is 16.0 Å². The molecule has 3 aromatic carbocycles. The second kappa shape index (κ2) is 9.97. The first-order valence-electron chi connectivity index (χ1n) is 12.3. The zero-order chi connectivity index (χ0) is 26.1. The Hall–Kier alpha value is -3.93. The van der Waals surface area contributed by atoms with E-state index in [-0.39, 0.29) is 0 Å². The third kappa shape index (κ3) is 5.48. The summed E-state index contributed by atoms with van der Waals surface area (Å²) in [6.07, 6.45) is 0. The molecule has 0 aliphatic heterocycles. The van der Waals surface area contributed by atoms with Crippen LogP contribution in [0.2, 0.25) is 0 Å². The van der Waals surface area contributed by atoms with Crippen molar-refractivity contribution in [1.82, 2.24) is 15.0 Å². The fraction of sp³-hybridized carbons (Fsp3) is 0.300. The molecule has 36 heavy (non-hydrogen) atoms. The first kappa shape index (κ1) is 25.2. The summed E-state index contributed by atoms with van der Waals surface area (Å²) >= 11 is 0. The van der Waals surface area contributed by atoms with Crippen molar-refractivity contribution in [3.05, 3.63) is 86.5 Å². The minimum absolute atomic E-state index is 0.471. The number of hydrogen-bond acceptors (Lipinski definition) is 6. The molecule has 0 saturated carbocycles. The summed E-state index contributed by atoms with van der Waals surface area (Å²) < 4.78 is 0. The molecular weight excluding hydrogens is 444 g/mol. The van der Waals surface area contributed by atoms with Crippen molar-refractivity contribution < 1.29 is 0 Å². The first-order chi connectivity index (χ1) is 17.0. The molecule has 0 spiro atoms. The Morgan fingerprint density at radius 2 is 0.556 bits per heavy atom. The third-order valence-electron chi connectivity index (χ3n) is 7.18. The third-order valence-corrected chi connectivity index (χ3v) is 7.18. The molecule has 0 fully saturated rings. The van der Waals surface area contributed by atoms with Crippen LogP contribution in [0.15, 0.2) is 36.4 Å².